The van der Waals surface area contributed by atoms with Gasteiger partial charge >= 0.3 is 6.03 Å². The molecule has 0 spiro atoms. The molecule has 0 aliphatic heterocycles. The molecule has 0 bridgehead atoms. The van der Waals surface area contributed by atoms with Crippen molar-refractivity contribution in [3.8, 4) is 0 Å². The standard InChI is InChI=1S/C19H19F2N3O2/c1-3-10-22-18(25)13-4-7-15(8-5-13)24-19(26)23-12(2)16-9-6-14(20)11-17(16)21/h3-9,11-12H,1,10H2,2H3,(H,22,25)(H2,23,24,26). The first-order valence-electron chi connectivity index (χ1n) is 7.92. The number of halogens is 2. The summed E-state index contributed by atoms with van der Waals surface area (Å²) in [4.78, 5) is 23.8. The largest absolute Gasteiger partial charge is 0.349 e. The minimum Gasteiger partial charge on any atom is -0.349 e. The van der Waals surface area contributed by atoms with Gasteiger partial charge in [0.25, 0.3) is 5.91 Å². The van der Waals surface area contributed by atoms with E-state index in [1.165, 1.54) is 6.07 Å². The van der Waals surface area contributed by atoms with Gasteiger partial charge in [0.05, 0.1) is 6.04 Å². The monoisotopic (exact) mass is 359 g/mol. The first-order valence-corrected chi connectivity index (χ1v) is 7.92. The van der Waals surface area contributed by atoms with Crippen molar-refractivity contribution in [3.05, 3.63) is 77.9 Å². The molecule has 3 N–H and O–H groups in total. The summed E-state index contributed by atoms with van der Waals surface area (Å²) in [7, 11) is 0. The average molecular weight is 359 g/mol. The molecule has 7 heteroatoms. The van der Waals surface area contributed by atoms with Crippen LogP contribution in [0.25, 0.3) is 0 Å². The van der Waals surface area contributed by atoms with E-state index in [4.69, 9.17) is 0 Å². The van der Waals surface area contributed by atoms with Crippen LogP contribution in [0, 0.1) is 11.6 Å². The highest BCUT2D eigenvalue weighted by Crippen LogP contribution is 2.18. The van der Waals surface area contributed by atoms with Gasteiger partial charge in [-0.25, -0.2) is 13.6 Å². The van der Waals surface area contributed by atoms with Crippen molar-refractivity contribution in [1.82, 2.24) is 10.6 Å². The SMILES string of the molecule is C=CCNC(=O)c1ccc(NC(=O)NC(C)c2ccc(F)cc2F)cc1. The van der Waals surface area contributed by atoms with Gasteiger partial charge in [0.1, 0.15) is 11.6 Å². The summed E-state index contributed by atoms with van der Waals surface area (Å²) in [5.74, 6) is -1.66. The number of benzene rings is 2. The lowest BCUT2D eigenvalue weighted by Gasteiger charge is -2.16. The van der Waals surface area contributed by atoms with E-state index < -0.39 is 23.7 Å². The van der Waals surface area contributed by atoms with Crippen LogP contribution < -0.4 is 16.0 Å². The number of carbonyl (C=O) groups is 2. The number of urea groups is 1. The summed E-state index contributed by atoms with van der Waals surface area (Å²) >= 11 is 0. The summed E-state index contributed by atoms with van der Waals surface area (Å²) in [5.41, 5.74) is 1.09. The first kappa shape index (κ1) is 19.1. The molecular weight excluding hydrogens is 340 g/mol. The van der Waals surface area contributed by atoms with E-state index in [9.17, 15) is 18.4 Å². The van der Waals surface area contributed by atoms with Crippen LogP contribution in [-0.4, -0.2) is 18.5 Å². The lowest BCUT2D eigenvalue weighted by atomic mass is 10.1. The number of amides is 3. The van der Waals surface area contributed by atoms with Gasteiger partial charge < -0.3 is 16.0 Å². The van der Waals surface area contributed by atoms with Gasteiger partial charge in [-0.3, -0.25) is 4.79 Å². The second-order valence-corrected chi connectivity index (χ2v) is 5.56. The molecule has 0 aromatic heterocycles. The number of carbonyl (C=O) groups excluding carboxylic acids is 2. The molecule has 0 aliphatic carbocycles. The third-order valence-electron chi connectivity index (χ3n) is 3.59. The maximum Gasteiger partial charge on any atom is 0.319 e. The molecule has 0 saturated heterocycles. The van der Waals surface area contributed by atoms with Crippen LogP contribution in [0.15, 0.2) is 55.1 Å². The predicted molar refractivity (Wildman–Crippen MR) is 95.9 cm³/mol. The van der Waals surface area contributed by atoms with Crippen LogP contribution in [0.1, 0.15) is 28.9 Å². The Morgan fingerprint density at radius 3 is 2.46 bits per heavy atom. The van der Waals surface area contributed by atoms with Crippen molar-refractivity contribution in [2.24, 2.45) is 0 Å². The molecule has 0 aliphatic rings. The number of hydrogen-bond donors (Lipinski definition) is 3. The van der Waals surface area contributed by atoms with Gasteiger partial charge in [-0.1, -0.05) is 12.1 Å². The maximum atomic E-state index is 13.7. The van der Waals surface area contributed by atoms with Gasteiger partial charge in [-0.05, 0) is 37.3 Å². The van der Waals surface area contributed by atoms with E-state index in [1.807, 2.05) is 0 Å². The maximum absolute atomic E-state index is 13.7. The molecule has 1 unspecified atom stereocenters. The molecule has 2 aromatic carbocycles. The van der Waals surface area contributed by atoms with E-state index in [-0.39, 0.29) is 11.5 Å². The van der Waals surface area contributed by atoms with Gasteiger partial charge in [-0.15, -0.1) is 6.58 Å². The topological polar surface area (TPSA) is 70.2 Å². The van der Waals surface area contributed by atoms with Crippen molar-refractivity contribution >= 4 is 17.6 Å². The normalized spacial score (nSPS) is 11.3. The molecule has 1 atom stereocenters. The quantitative estimate of drug-likeness (QED) is 0.687. The molecule has 0 saturated carbocycles. The highest BCUT2D eigenvalue weighted by molar-refractivity contribution is 5.95. The molecule has 0 heterocycles. The zero-order chi connectivity index (χ0) is 19.1. The van der Waals surface area contributed by atoms with E-state index in [1.54, 1.807) is 37.3 Å². The Hall–Kier alpha value is -3.22. The first-order chi connectivity index (χ1) is 12.4. The van der Waals surface area contributed by atoms with Crippen molar-refractivity contribution < 1.29 is 18.4 Å². The van der Waals surface area contributed by atoms with Crippen LogP contribution >= 0.6 is 0 Å². The Bertz CT molecular complexity index is 807. The number of rotatable bonds is 6. The minimum absolute atomic E-state index is 0.177. The van der Waals surface area contributed by atoms with Crippen molar-refractivity contribution in [2.45, 2.75) is 13.0 Å². The fourth-order valence-corrected chi connectivity index (χ4v) is 2.27. The second kappa shape index (κ2) is 8.75. The third kappa shape index (κ3) is 5.14. The molecule has 0 fully saturated rings. The lowest BCUT2D eigenvalue weighted by Crippen LogP contribution is -2.31. The van der Waals surface area contributed by atoms with Gasteiger partial charge in [0, 0.05) is 29.4 Å². The second-order valence-electron chi connectivity index (χ2n) is 5.56. The highest BCUT2D eigenvalue weighted by Gasteiger charge is 2.14. The van der Waals surface area contributed by atoms with Crippen LogP contribution in [0.2, 0.25) is 0 Å². The lowest BCUT2D eigenvalue weighted by molar-refractivity contribution is 0.0958. The van der Waals surface area contributed by atoms with E-state index in [2.05, 4.69) is 22.5 Å². The van der Waals surface area contributed by atoms with Gasteiger partial charge in [-0.2, -0.15) is 0 Å². The fourth-order valence-electron chi connectivity index (χ4n) is 2.27. The predicted octanol–water partition coefficient (Wildman–Crippen LogP) is 3.76. The number of nitrogens with one attached hydrogen (secondary N) is 3. The number of hydrogen-bond acceptors (Lipinski definition) is 2. The average Bonchev–Trinajstić information content (AvgIpc) is 2.60. The van der Waals surface area contributed by atoms with Crippen LogP contribution in [0.5, 0.6) is 0 Å². The van der Waals surface area contributed by atoms with Crippen molar-refractivity contribution in [3.63, 3.8) is 0 Å². The van der Waals surface area contributed by atoms with Crippen LogP contribution in [0.4, 0.5) is 19.3 Å². The Balaban J connectivity index is 1.94. The van der Waals surface area contributed by atoms with Crippen LogP contribution in [-0.2, 0) is 0 Å². The summed E-state index contributed by atoms with van der Waals surface area (Å²) in [6.45, 7) is 5.46. The van der Waals surface area contributed by atoms with Crippen molar-refractivity contribution in [1.29, 1.82) is 0 Å². The van der Waals surface area contributed by atoms with Crippen molar-refractivity contribution in [2.75, 3.05) is 11.9 Å². The fraction of sp³-hybridized carbons (Fsp3) is 0.158. The third-order valence-corrected chi connectivity index (χ3v) is 3.59. The summed E-state index contributed by atoms with van der Waals surface area (Å²) < 4.78 is 26.7. The molecule has 2 rings (SSSR count). The smallest absolute Gasteiger partial charge is 0.319 e. The van der Waals surface area contributed by atoms with Gasteiger partial charge in [0.2, 0.25) is 0 Å². The zero-order valence-electron chi connectivity index (χ0n) is 14.2. The molecule has 3 amide bonds. The van der Waals surface area contributed by atoms with E-state index in [0.29, 0.717) is 17.8 Å². The Kier molecular flexibility index (Phi) is 6.43. The molecule has 5 nitrogen and oxygen atoms in total. The van der Waals surface area contributed by atoms with E-state index >= 15 is 0 Å². The summed E-state index contributed by atoms with van der Waals surface area (Å²) in [6.07, 6.45) is 1.57. The summed E-state index contributed by atoms with van der Waals surface area (Å²) in [5, 5.41) is 7.80. The highest BCUT2D eigenvalue weighted by atomic mass is 19.1. The van der Waals surface area contributed by atoms with Gasteiger partial charge in [0.15, 0.2) is 0 Å². The molecular formula is C19H19F2N3O2. The summed E-state index contributed by atoms with van der Waals surface area (Å²) in [6, 6.07) is 8.26. The zero-order valence-corrected chi connectivity index (χ0v) is 14.2. The Labute approximate surface area is 150 Å². The molecule has 26 heavy (non-hydrogen) atoms. The minimum atomic E-state index is -0.729. The molecule has 136 valence electrons. The van der Waals surface area contributed by atoms with Crippen LogP contribution in [0.3, 0.4) is 0 Å². The molecule has 0 radical (unpaired) electrons. The van der Waals surface area contributed by atoms with E-state index in [0.717, 1.165) is 12.1 Å². The Morgan fingerprint density at radius 2 is 1.85 bits per heavy atom. The number of anilines is 1. The Morgan fingerprint density at radius 1 is 1.15 bits per heavy atom. The molecule has 2 aromatic rings.